The number of benzene rings is 1. The van der Waals surface area contributed by atoms with E-state index in [1.807, 2.05) is 27.7 Å². The number of phenols is 1. The van der Waals surface area contributed by atoms with Crippen molar-refractivity contribution >= 4 is 24.6 Å². The van der Waals surface area contributed by atoms with Crippen molar-refractivity contribution < 1.29 is 24.3 Å². The van der Waals surface area contributed by atoms with E-state index in [1.54, 1.807) is 12.1 Å². The lowest BCUT2D eigenvalue weighted by Gasteiger charge is -2.32. The predicted molar refractivity (Wildman–Crippen MR) is 80.5 cm³/mol. The van der Waals surface area contributed by atoms with Crippen LogP contribution in [0.25, 0.3) is 6.08 Å². The molecule has 5 nitrogen and oxygen atoms in total. The molecule has 0 bridgehead atoms. The van der Waals surface area contributed by atoms with Crippen LogP contribution in [0, 0.1) is 0 Å². The Labute approximate surface area is 124 Å². The lowest BCUT2D eigenvalue weighted by Crippen LogP contribution is -2.41. The molecule has 0 aliphatic carbocycles. The molecule has 1 heterocycles. The minimum absolute atomic E-state index is 0.0345. The summed E-state index contributed by atoms with van der Waals surface area (Å²) in [5.74, 6) is -1.01. The SMILES string of the molecule is CC1(C)OB(c2cc(O)cc(/C=C/C(=O)O)c2)OC1(C)C. The quantitative estimate of drug-likeness (QED) is 0.655. The molecule has 1 aliphatic rings. The van der Waals surface area contributed by atoms with Crippen molar-refractivity contribution in [3.05, 3.63) is 29.8 Å². The smallest absolute Gasteiger partial charge is 0.494 e. The minimum Gasteiger partial charge on any atom is -0.508 e. The predicted octanol–water partition coefficient (Wildman–Crippen LogP) is 1.79. The Morgan fingerprint density at radius 2 is 1.71 bits per heavy atom. The summed E-state index contributed by atoms with van der Waals surface area (Å²) in [5.41, 5.74) is 0.279. The van der Waals surface area contributed by atoms with Gasteiger partial charge in [0.1, 0.15) is 5.75 Å². The summed E-state index contributed by atoms with van der Waals surface area (Å²) in [4.78, 5) is 10.6. The second-order valence-corrected chi connectivity index (χ2v) is 6.12. The van der Waals surface area contributed by atoms with Crippen LogP contribution >= 0.6 is 0 Å². The zero-order valence-corrected chi connectivity index (χ0v) is 12.6. The zero-order valence-electron chi connectivity index (χ0n) is 12.6. The van der Waals surface area contributed by atoms with Gasteiger partial charge in [0.15, 0.2) is 0 Å². The lowest BCUT2D eigenvalue weighted by molar-refractivity contribution is -0.131. The van der Waals surface area contributed by atoms with Crippen molar-refractivity contribution in [2.45, 2.75) is 38.9 Å². The van der Waals surface area contributed by atoms with Gasteiger partial charge in [-0.3, -0.25) is 0 Å². The number of carboxylic acid groups (broad SMARTS) is 1. The maximum atomic E-state index is 10.6. The Morgan fingerprint density at radius 3 is 2.24 bits per heavy atom. The Balaban J connectivity index is 2.31. The number of rotatable bonds is 3. The van der Waals surface area contributed by atoms with E-state index in [4.69, 9.17) is 14.4 Å². The van der Waals surface area contributed by atoms with Crippen LogP contribution in [-0.2, 0) is 14.1 Å². The highest BCUT2D eigenvalue weighted by Gasteiger charge is 2.51. The van der Waals surface area contributed by atoms with Crippen molar-refractivity contribution in [1.82, 2.24) is 0 Å². The number of carbonyl (C=O) groups is 1. The van der Waals surface area contributed by atoms with Crippen molar-refractivity contribution in [2.75, 3.05) is 0 Å². The van der Waals surface area contributed by atoms with Crippen LogP contribution in [0.5, 0.6) is 5.75 Å². The normalized spacial score (nSPS) is 20.1. The summed E-state index contributed by atoms with van der Waals surface area (Å²) in [6, 6.07) is 4.77. The van der Waals surface area contributed by atoms with Crippen molar-refractivity contribution in [3.8, 4) is 5.75 Å². The third-order valence-corrected chi connectivity index (χ3v) is 3.91. The molecule has 0 atom stereocenters. The van der Waals surface area contributed by atoms with E-state index in [0.717, 1.165) is 6.08 Å². The molecule has 1 fully saturated rings. The second kappa shape index (κ2) is 5.20. The van der Waals surface area contributed by atoms with Crippen LogP contribution in [0.3, 0.4) is 0 Å². The maximum Gasteiger partial charge on any atom is 0.494 e. The van der Waals surface area contributed by atoms with Crippen LogP contribution in [0.15, 0.2) is 24.3 Å². The molecule has 21 heavy (non-hydrogen) atoms. The zero-order chi connectivity index (χ0) is 15.8. The van der Waals surface area contributed by atoms with E-state index < -0.39 is 24.3 Å². The molecule has 2 rings (SSSR count). The van der Waals surface area contributed by atoms with Gasteiger partial charge < -0.3 is 19.5 Å². The number of hydrogen-bond donors (Lipinski definition) is 2. The van der Waals surface area contributed by atoms with E-state index in [0.29, 0.717) is 11.0 Å². The topological polar surface area (TPSA) is 76.0 Å². The molecule has 0 aromatic heterocycles. The van der Waals surface area contributed by atoms with Gasteiger partial charge in [0.2, 0.25) is 0 Å². The van der Waals surface area contributed by atoms with Crippen LogP contribution in [-0.4, -0.2) is 34.5 Å². The molecule has 0 amide bonds. The highest BCUT2D eigenvalue weighted by atomic mass is 16.7. The molecule has 0 saturated carbocycles. The van der Waals surface area contributed by atoms with Gasteiger partial charge >= 0.3 is 13.1 Å². The number of aromatic hydroxyl groups is 1. The fourth-order valence-electron chi connectivity index (χ4n) is 2.04. The summed E-state index contributed by atoms with van der Waals surface area (Å²) in [5, 5.41) is 18.5. The largest absolute Gasteiger partial charge is 0.508 e. The molecule has 6 heteroatoms. The summed E-state index contributed by atoms with van der Waals surface area (Å²) in [6.45, 7) is 7.78. The third-order valence-electron chi connectivity index (χ3n) is 3.91. The van der Waals surface area contributed by atoms with Gasteiger partial charge in [0, 0.05) is 6.08 Å². The molecule has 1 aromatic carbocycles. The van der Waals surface area contributed by atoms with Gasteiger partial charge in [-0.2, -0.15) is 0 Å². The fraction of sp³-hybridized carbons (Fsp3) is 0.400. The molecule has 2 N–H and O–H groups in total. The molecular weight excluding hydrogens is 271 g/mol. The highest BCUT2D eigenvalue weighted by Crippen LogP contribution is 2.36. The molecule has 0 radical (unpaired) electrons. The van der Waals surface area contributed by atoms with Gasteiger partial charge in [0.25, 0.3) is 0 Å². The molecule has 1 aliphatic heterocycles. The van der Waals surface area contributed by atoms with Crippen molar-refractivity contribution in [3.63, 3.8) is 0 Å². The average molecular weight is 290 g/mol. The van der Waals surface area contributed by atoms with Gasteiger partial charge in [-0.15, -0.1) is 0 Å². The highest BCUT2D eigenvalue weighted by molar-refractivity contribution is 6.62. The van der Waals surface area contributed by atoms with E-state index in [2.05, 4.69) is 0 Å². The fourth-order valence-corrected chi connectivity index (χ4v) is 2.04. The van der Waals surface area contributed by atoms with Gasteiger partial charge in [-0.05, 0) is 56.9 Å². The van der Waals surface area contributed by atoms with Crippen LogP contribution < -0.4 is 5.46 Å². The first-order chi connectivity index (χ1) is 9.60. The van der Waals surface area contributed by atoms with Crippen molar-refractivity contribution in [2.24, 2.45) is 0 Å². The van der Waals surface area contributed by atoms with Gasteiger partial charge in [-0.25, -0.2) is 4.79 Å². The number of hydrogen-bond acceptors (Lipinski definition) is 4. The second-order valence-electron chi connectivity index (χ2n) is 6.12. The number of carboxylic acids is 1. The van der Waals surface area contributed by atoms with Crippen LogP contribution in [0.4, 0.5) is 0 Å². The Kier molecular flexibility index (Phi) is 3.86. The first-order valence-electron chi connectivity index (χ1n) is 6.71. The monoisotopic (exact) mass is 290 g/mol. The Bertz CT molecular complexity index is 576. The first kappa shape index (κ1) is 15.6. The standard InChI is InChI=1S/C15H19BO5/c1-14(2)15(3,4)21-16(20-14)11-7-10(5-6-13(18)19)8-12(17)9-11/h5-9,17H,1-4H3,(H,18,19)/b6-5+. The molecule has 0 spiro atoms. The number of aliphatic carboxylic acids is 1. The number of phenolic OH excluding ortho intramolecular Hbond substituents is 1. The summed E-state index contributed by atoms with van der Waals surface area (Å²) < 4.78 is 11.8. The summed E-state index contributed by atoms with van der Waals surface area (Å²) >= 11 is 0. The maximum absolute atomic E-state index is 10.6. The summed E-state index contributed by atoms with van der Waals surface area (Å²) in [6.07, 6.45) is 2.43. The Morgan fingerprint density at radius 1 is 1.14 bits per heavy atom. The minimum atomic E-state index is -1.05. The van der Waals surface area contributed by atoms with Gasteiger partial charge in [0.05, 0.1) is 11.2 Å². The van der Waals surface area contributed by atoms with Crippen LogP contribution in [0.1, 0.15) is 33.3 Å². The van der Waals surface area contributed by atoms with Crippen molar-refractivity contribution in [1.29, 1.82) is 0 Å². The van der Waals surface area contributed by atoms with E-state index in [-0.39, 0.29) is 5.75 Å². The lowest BCUT2D eigenvalue weighted by atomic mass is 9.78. The summed E-state index contributed by atoms with van der Waals surface area (Å²) in [7, 11) is -0.598. The first-order valence-corrected chi connectivity index (χ1v) is 6.71. The molecular formula is C15H19BO5. The molecule has 1 saturated heterocycles. The average Bonchev–Trinajstić information content (AvgIpc) is 2.55. The van der Waals surface area contributed by atoms with E-state index in [1.165, 1.54) is 12.1 Å². The third kappa shape index (κ3) is 3.28. The molecule has 1 aromatic rings. The molecule has 112 valence electrons. The van der Waals surface area contributed by atoms with E-state index >= 15 is 0 Å². The van der Waals surface area contributed by atoms with Gasteiger partial charge in [-0.1, -0.05) is 6.07 Å². The van der Waals surface area contributed by atoms with E-state index in [9.17, 15) is 9.90 Å². The molecule has 0 unspecified atom stereocenters. The van der Waals surface area contributed by atoms with Crippen LogP contribution in [0.2, 0.25) is 0 Å². The Hall–Kier alpha value is -1.79.